The first kappa shape index (κ1) is 11.4. The Morgan fingerprint density at radius 1 is 1.21 bits per heavy atom. The molecular weight excluding hydrogens is 244 g/mol. The van der Waals surface area contributed by atoms with E-state index in [0.29, 0.717) is 11.0 Å². The van der Waals surface area contributed by atoms with E-state index in [4.69, 9.17) is 4.84 Å². The third kappa shape index (κ3) is 1.95. The molecule has 1 heterocycles. The van der Waals surface area contributed by atoms with Crippen LogP contribution in [0, 0.1) is 0 Å². The lowest BCUT2D eigenvalue weighted by Gasteiger charge is -2.08. The quantitative estimate of drug-likeness (QED) is 0.618. The van der Waals surface area contributed by atoms with E-state index < -0.39 is 11.5 Å². The van der Waals surface area contributed by atoms with Crippen molar-refractivity contribution in [3.8, 4) is 0 Å². The highest BCUT2D eigenvalue weighted by atomic mass is 16.7. The average molecular weight is 254 g/mol. The zero-order chi connectivity index (χ0) is 13.4. The van der Waals surface area contributed by atoms with Gasteiger partial charge in [-0.15, -0.1) is 4.73 Å². The molecule has 0 amide bonds. The number of hydrogen-bond acceptors (Lipinski definition) is 4. The van der Waals surface area contributed by atoms with Crippen LogP contribution in [0.4, 0.5) is 0 Å². The van der Waals surface area contributed by atoms with E-state index in [2.05, 4.69) is 4.98 Å². The van der Waals surface area contributed by atoms with E-state index in [1.165, 1.54) is 6.92 Å². The van der Waals surface area contributed by atoms with Crippen molar-refractivity contribution in [2.75, 3.05) is 0 Å². The number of rotatable bonds is 1. The van der Waals surface area contributed by atoms with Crippen LogP contribution < -0.4 is 10.4 Å². The Morgan fingerprint density at radius 2 is 1.89 bits per heavy atom. The molecule has 94 valence electrons. The van der Waals surface area contributed by atoms with Crippen molar-refractivity contribution in [2.24, 2.45) is 0 Å². The molecule has 0 unspecified atom stereocenters. The second-order valence-electron chi connectivity index (χ2n) is 4.16. The molecule has 0 saturated heterocycles. The Labute approximate surface area is 108 Å². The van der Waals surface area contributed by atoms with Crippen LogP contribution in [0.5, 0.6) is 0 Å². The van der Waals surface area contributed by atoms with Gasteiger partial charge in [0.25, 0.3) is 0 Å². The van der Waals surface area contributed by atoms with Gasteiger partial charge in [-0.3, -0.25) is 4.79 Å². The first-order valence-corrected chi connectivity index (χ1v) is 5.74. The fourth-order valence-electron chi connectivity index (χ4n) is 2.00. The molecule has 0 aliphatic heterocycles. The van der Waals surface area contributed by atoms with Crippen LogP contribution >= 0.6 is 0 Å². The molecule has 5 heteroatoms. The van der Waals surface area contributed by atoms with Gasteiger partial charge in [0.15, 0.2) is 0 Å². The van der Waals surface area contributed by atoms with E-state index in [9.17, 15) is 9.59 Å². The normalized spacial score (nSPS) is 10.8. The van der Waals surface area contributed by atoms with Gasteiger partial charge >= 0.3 is 11.5 Å². The summed E-state index contributed by atoms with van der Waals surface area (Å²) in [6.07, 6.45) is 1.14. The fourth-order valence-corrected chi connectivity index (χ4v) is 2.00. The maximum absolute atomic E-state index is 11.7. The van der Waals surface area contributed by atoms with Crippen molar-refractivity contribution in [3.63, 3.8) is 0 Å². The molecule has 0 atom stereocenters. The molecule has 3 aromatic rings. The lowest BCUT2D eigenvalue weighted by molar-refractivity contribution is -0.141. The zero-order valence-corrected chi connectivity index (χ0v) is 10.2. The molecule has 19 heavy (non-hydrogen) atoms. The van der Waals surface area contributed by atoms with Crippen LogP contribution in [0.25, 0.3) is 21.8 Å². The Kier molecular flexibility index (Phi) is 2.52. The summed E-state index contributed by atoms with van der Waals surface area (Å²) in [6, 6.07) is 11.3. The van der Waals surface area contributed by atoms with Crippen LogP contribution in [0.2, 0.25) is 0 Å². The molecule has 0 aliphatic carbocycles. The van der Waals surface area contributed by atoms with Crippen molar-refractivity contribution in [3.05, 3.63) is 52.9 Å². The molecule has 3 rings (SSSR count). The number of fused-ring (bicyclic) bond motifs is 2. The molecule has 0 saturated carbocycles. The summed E-state index contributed by atoms with van der Waals surface area (Å²) in [4.78, 5) is 31.8. The van der Waals surface area contributed by atoms with Crippen LogP contribution in [0.1, 0.15) is 6.92 Å². The predicted molar refractivity (Wildman–Crippen MR) is 70.8 cm³/mol. The second kappa shape index (κ2) is 4.20. The summed E-state index contributed by atoms with van der Waals surface area (Å²) in [7, 11) is 0. The number of nitrogens with zero attached hydrogens (tertiary/aromatic N) is 2. The minimum atomic E-state index is -0.553. The predicted octanol–water partition coefficient (Wildman–Crippen LogP) is 1.52. The molecule has 0 bridgehead atoms. The van der Waals surface area contributed by atoms with Crippen molar-refractivity contribution in [1.29, 1.82) is 0 Å². The summed E-state index contributed by atoms with van der Waals surface area (Å²) >= 11 is 0. The highest BCUT2D eigenvalue weighted by Crippen LogP contribution is 2.19. The third-order valence-corrected chi connectivity index (χ3v) is 2.80. The largest absolute Gasteiger partial charge is 0.333 e. The Bertz CT molecular complexity index is 852. The van der Waals surface area contributed by atoms with Gasteiger partial charge in [0.1, 0.15) is 5.52 Å². The number of benzene rings is 2. The first-order chi connectivity index (χ1) is 9.15. The Balaban J connectivity index is 2.40. The first-order valence-electron chi connectivity index (χ1n) is 5.74. The average Bonchev–Trinajstić information content (AvgIpc) is 2.40. The van der Waals surface area contributed by atoms with E-state index >= 15 is 0 Å². The van der Waals surface area contributed by atoms with Gasteiger partial charge in [-0.05, 0) is 22.9 Å². The van der Waals surface area contributed by atoms with Crippen LogP contribution in [-0.4, -0.2) is 15.7 Å². The van der Waals surface area contributed by atoms with Crippen molar-refractivity contribution in [2.45, 2.75) is 6.92 Å². The van der Waals surface area contributed by atoms with Gasteiger partial charge < -0.3 is 4.84 Å². The van der Waals surface area contributed by atoms with Crippen molar-refractivity contribution < 1.29 is 9.63 Å². The molecule has 2 aromatic carbocycles. The summed E-state index contributed by atoms with van der Waals surface area (Å²) in [5.74, 6) is -0.553. The summed E-state index contributed by atoms with van der Waals surface area (Å²) in [6.45, 7) is 1.25. The van der Waals surface area contributed by atoms with Gasteiger partial charge in [0.2, 0.25) is 0 Å². The Morgan fingerprint density at radius 3 is 2.58 bits per heavy atom. The number of carbonyl (C=O) groups is 1. The SMILES string of the molecule is CC(=O)On1c(=O)cnc2cc3ccccc3cc21. The summed E-state index contributed by atoms with van der Waals surface area (Å²) in [5.41, 5.74) is 0.596. The molecule has 1 aromatic heterocycles. The molecule has 5 nitrogen and oxygen atoms in total. The van der Waals surface area contributed by atoms with E-state index in [0.717, 1.165) is 21.7 Å². The molecule has 0 aliphatic rings. The zero-order valence-electron chi connectivity index (χ0n) is 10.2. The molecular formula is C14H10N2O3. The highest BCUT2D eigenvalue weighted by molar-refractivity contribution is 5.94. The lowest BCUT2D eigenvalue weighted by Crippen LogP contribution is -2.29. The van der Waals surface area contributed by atoms with E-state index in [1.807, 2.05) is 30.3 Å². The van der Waals surface area contributed by atoms with Gasteiger partial charge in [0.05, 0.1) is 11.7 Å². The topological polar surface area (TPSA) is 61.2 Å². The summed E-state index contributed by atoms with van der Waals surface area (Å²) in [5, 5.41) is 1.96. The molecule has 0 fully saturated rings. The van der Waals surface area contributed by atoms with Crippen LogP contribution in [0.3, 0.4) is 0 Å². The second-order valence-corrected chi connectivity index (χ2v) is 4.16. The van der Waals surface area contributed by atoms with Gasteiger partial charge in [0, 0.05) is 6.92 Å². The van der Waals surface area contributed by atoms with Gasteiger partial charge in [-0.2, -0.15) is 0 Å². The number of carbonyl (C=O) groups excluding carboxylic acids is 1. The van der Waals surface area contributed by atoms with Gasteiger partial charge in [-0.1, -0.05) is 24.3 Å². The van der Waals surface area contributed by atoms with Crippen LogP contribution in [0.15, 0.2) is 47.4 Å². The van der Waals surface area contributed by atoms with Crippen LogP contribution in [-0.2, 0) is 4.79 Å². The smallest absolute Gasteiger partial charge is 0.330 e. The molecule has 0 spiro atoms. The number of aromatic nitrogens is 2. The summed E-state index contributed by atoms with van der Waals surface area (Å²) < 4.78 is 0.969. The lowest BCUT2D eigenvalue weighted by atomic mass is 10.1. The fraction of sp³-hybridized carbons (Fsp3) is 0.0714. The maximum atomic E-state index is 11.7. The maximum Gasteiger partial charge on any atom is 0.330 e. The minimum Gasteiger partial charge on any atom is -0.333 e. The monoisotopic (exact) mass is 254 g/mol. The molecule has 0 N–H and O–H groups in total. The third-order valence-electron chi connectivity index (χ3n) is 2.80. The number of hydrogen-bond donors (Lipinski definition) is 0. The standard InChI is InChI=1S/C14H10N2O3/c1-9(17)19-16-13-7-11-5-3-2-4-10(11)6-12(13)15-8-14(16)18/h2-8H,1H3. The van der Waals surface area contributed by atoms with Crippen molar-refractivity contribution in [1.82, 2.24) is 9.71 Å². The van der Waals surface area contributed by atoms with Gasteiger partial charge in [-0.25, -0.2) is 9.78 Å². The highest BCUT2D eigenvalue weighted by Gasteiger charge is 2.08. The van der Waals surface area contributed by atoms with Crippen molar-refractivity contribution >= 4 is 27.8 Å². The van der Waals surface area contributed by atoms with E-state index in [-0.39, 0.29) is 0 Å². The van der Waals surface area contributed by atoms with E-state index in [1.54, 1.807) is 6.07 Å². The molecule has 0 radical (unpaired) electrons. The minimum absolute atomic E-state index is 0.474. The Hall–Kier alpha value is -2.69.